The summed E-state index contributed by atoms with van der Waals surface area (Å²) in [6, 6.07) is 12.0. The Bertz CT molecular complexity index is 784. The Hall–Kier alpha value is -2.69. The molecular formula is C19H20N2O3. The van der Waals surface area contributed by atoms with Crippen LogP contribution in [0, 0.1) is 0 Å². The molecule has 2 N–H and O–H groups in total. The van der Waals surface area contributed by atoms with Crippen LogP contribution in [0.1, 0.15) is 29.9 Å². The number of hydrogen-bond donors (Lipinski definition) is 2. The fourth-order valence-corrected chi connectivity index (χ4v) is 3.10. The highest BCUT2D eigenvalue weighted by Gasteiger charge is 2.26. The second-order valence-corrected chi connectivity index (χ2v) is 6.21. The molecule has 5 heteroatoms. The van der Waals surface area contributed by atoms with Crippen LogP contribution in [-0.2, 0) is 11.3 Å². The molecule has 124 valence electrons. The molecule has 2 aromatic rings. The van der Waals surface area contributed by atoms with Gasteiger partial charge in [-0.25, -0.2) is 0 Å². The monoisotopic (exact) mass is 324 g/mol. The van der Waals surface area contributed by atoms with Crippen LogP contribution in [0.3, 0.4) is 0 Å². The van der Waals surface area contributed by atoms with Crippen molar-refractivity contribution in [3.8, 4) is 11.5 Å². The largest absolute Gasteiger partial charge is 0.497 e. The molecule has 1 aliphatic heterocycles. The summed E-state index contributed by atoms with van der Waals surface area (Å²) >= 11 is 0. The lowest BCUT2D eigenvalue weighted by molar-refractivity contribution is -0.118. The Morgan fingerprint density at radius 2 is 2.17 bits per heavy atom. The fraction of sp³-hybridized carbons (Fsp3) is 0.316. The number of fused-ring (bicyclic) bond motifs is 1. The lowest BCUT2D eigenvalue weighted by atomic mass is 10.0. The van der Waals surface area contributed by atoms with Gasteiger partial charge in [0.05, 0.1) is 18.5 Å². The molecule has 1 fully saturated rings. The Morgan fingerprint density at radius 3 is 2.96 bits per heavy atom. The number of ether oxygens (including phenoxy) is 2. The van der Waals surface area contributed by atoms with Gasteiger partial charge in [-0.1, -0.05) is 12.1 Å². The lowest BCUT2D eigenvalue weighted by Gasteiger charge is -2.21. The molecule has 0 spiro atoms. The average molecular weight is 324 g/mol. The summed E-state index contributed by atoms with van der Waals surface area (Å²) in [5, 5.41) is 6.28. The molecule has 0 atom stereocenters. The van der Waals surface area contributed by atoms with E-state index in [0.29, 0.717) is 23.9 Å². The Morgan fingerprint density at radius 1 is 1.29 bits per heavy atom. The number of methoxy groups -OCH3 is 1. The smallest absolute Gasteiger partial charge is 0.262 e. The zero-order chi connectivity index (χ0) is 16.5. The van der Waals surface area contributed by atoms with Crippen molar-refractivity contribution in [2.75, 3.05) is 24.4 Å². The Kier molecular flexibility index (Phi) is 3.76. The summed E-state index contributed by atoms with van der Waals surface area (Å²) in [7, 11) is 1.69. The molecule has 5 nitrogen and oxygen atoms in total. The summed E-state index contributed by atoms with van der Waals surface area (Å²) in [5.41, 5.74) is 4.23. The van der Waals surface area contributed by atoms with Gasteiger partial charge in [0.1, 0.15) is 5.75 Å². The van der Waals surface area contributed by atoms with Crippen molar-refractivity contribution in [1.82, 2.24) is 0 Å². The second kappa shape index (κ2) is 6.07. The number of para-hydroxylation sites is 1. The van der Waals surface area contributed by atoms with Gasteiger partial charge in [-0.05, 0) is 54.2 Å². The number of carbonyl (C=O) groups is 1. The van der Waals surface area contributed by atoms with Crippen molar-refractivity contribution in [1.29, 1.82) is 0 Å². The minimum absolute atomic E-state index is 0.0537. The van der Waals surface area contributed by atoms with Gasteiger partial charge >= 0.3 is 0 Å². The normalized spacial score (nSPS) is 16.0. The van der Waals surface area contributed by atoms with Crippen LogP contribution in [0.25, 0.3) is 0 Å². The molecule has 2 aromatic carbocycles. The molecule has 1 amide bonds. The van der Waals surface area contributed by atoms with Gasteiger partial charge in [-0.2, -0.15) is 0 Å². The number of amides is 1. The summed E-state index contributed by atoms with van der Waals surface area (Å²) in [6.07, 6.45) is 2.52. The molecule has 0 radical (unpaired) electrons. The molecule has 2 aliphatic rings. The van der Waals surface area contributed by atoms with E-state index in [1.165, 1.54) is 24.0 Å². The zero-order valence-corrected chi connectivity index (χ0v) is 13.6. The first-order valence-electron chi connectivity index (χ1n) is 8.21. The molecule has 4 rings (SSSR count). The maximum absolute atomic E-state index is 11.4. The van der Waals surface area contributed by atoms with E-state index >= 15 is 0 Å². The van der Waals surface area contributed by atoms with Gasteiger partial charge < -0.3 is 20.1 Å². The summed E-state index contributed by atoms with van der Waals surface area (Å²) in [6.45, 7) is 0.745. The SMILES string of the molecule is COc1ccc(C2CC2)c(CNc2cccc3c2OCC(=O)N3)c1. The van der Waals surface area contributed by atoms with Crippen molar-refractivity contribution < 1.29 is 14.3 Å². The van der Waals surface area contributed by atoms with Crippen LogP contribution >= 0.6 is 0 Å². The van der Waals surface area contributed by atoms with E-state index in [9.17, 15) is 4.79 Å². The van der Waals surface area contributed by atoms with Crippen LogP contribution in [0.5, 0.6) is 11.5 Å². The molecule has 0 aromatic heterocycles. The van der Waals surface area contributed by atoms with Crippen molar-refractivity contribution in [2.45, 2.75) is 25.3 Å². The maximum atomic E-state index is 11.4. The molecule has 1 saturated carbocycles. The van der Waals surface area contributed by atoms with Gasteiger partial charge in [-0.15, -0.1) is 0 Å². The molecule has 24 heavy (non-hydrogen) atoms. The second-order valence-electron chi connectivity index (χ2n) is 6.21. The molecular weight excluding hydrogens is 304 g/mol. The highest BCUT2D eigenvalue weighted by Crippen LogP contribution is 2.43. The van der Waals surface area contributed by atoms with Gasteiger partial charge in [-0.3, -0.25) is 4.79 Å². The van der Waals surface area contributed by atoms with Crippen molar-refractivity contribution in [2.24, 2.45) is 0 Å². The minimum atomic E-state index is -0.122. The zero-order valence-electron chi connectivity index (χ0n) is 13.6. The summed E-state index contributed by atoms with van der Waals surface area (Å²) < 4.78 is 11.0. The third-order valence-electron chi connectivity index (χ3n) is 4.47. The van der Waals surface area contributed by atoms with E-state index in [1.54, 1.807) is 7.11 Å². The van der Waals surface area contributed by atoms with E-state index < -0.39 is 0 Å². The summed E-state index contributed by atoms with van der Waals surface area (Å²) in [4.78, 5) is 11.4. The molecule has 1 aliphatic carbocycles. The lowest BCUT2D eigenvalue weighted by Crippen LogP contribution is -2.25. The van der Waals surface area contributed by atoms with Crippen molar-refractivity contribution >= 4 is 17.3 Å². The average Bonchev–Trinajstić information content (AvgIpc) is 3.44. The summed E-state index contributed by atoms with van der Waals surface area (Å²) in [5.74, 6) is 2.12. The predicted molar refractivity (Wildman–Crippen MR) is 92.9 cm³/mol. The van der Waals surface area contributed by atoms with Crippen molar-refractivity contribution in [3.63, 3.8) is 0 Å². The van der Waals surface area contributed by atoms with E-state index in [4.69, 9.17) is 9.47 Å². The number of benzene rings is 2. The van der Waals surface area contributed by atoms with Crippen LogP contribution in [-0.4, -0.2) is 19.6 Å². The minimum Gasteiger partial charge on any atom is -0.497 e. The number of hydrogen-bond acceptors (Lipinski definition) is 4. The standard InChI is InChI=1S/C19H20N2O3/c1-23-14-7-8-15(12-5-6-12)13(9-14)10-20-16-3-2-4-17-19(16)24-11-18(22)21-17/h2-4,7-9,12,20H,5-6,10-11H2,1H3,(H,21,22). The highest BCUT2D eigenvalue weighted by atomic mass is 16.5. The van der Waals surface area contributed by atoms with Gasteiger partial charge in [0, 0.05) is 6.54 Å². The number of carbonyl (C=O) groups excluding carboxylic acids is 1. The number of nitrogens with one attached hydrogen (secondary N) is 2. The van der Waals surface area contributed by atoms with Gasteiger partial charge in [0.2, 0.25) is 0 Å². The number of rotatable bonds is 5. The van der Waals surface area contributed by atoms with Crippen molar-refractivity contribution in [3.05, 3.63) is 47.5 Å². The Balaban J connectivity index is 1.57. The van der Waals surface area contributed by atoms with E-state index in [1.807, 2.05) is 24.3 Å². The third-order valence-corrected chi connectivity index (χ3v) is 4.47. The van der Waals surface area contributed by atoms with Gasteiger partial charge in [0.25, 0.3) is 5.91 Å². The molecule has 1 heterocycles. The highest BCUT2D eigenvalue weighted by molar-refractivity contribution is 5.97. The first kappa shape index (κ1) is 14.9. The van der Waals surface area contributed by atoms with Crippen LogP contribution in [0.15, 0.2) is 36.4 Å². The maximum Gasteiger partial charge on any atom is 0.262 e. The first-order chi connectivity index (χ1) is 11.7. The fourth-order valence-electron chi connectivity index (χ4n) is 3.10. The molecule has 0 unspecified atom stereocenters. The Labute approximate surface area is 141 Å². The predicted octanol–water partition coefficient (Wildman–Crippen LogP) is 3.52. The third kappa shape index (κ3) is 2.89. The van der Waals surface area contributed by atoms with Crippen LogP contribution < -0.4 is 20.1 Å². The topological polar surface area (TPSA) is 59.6 Å². The van der Waals surface area contributed by atoms with Crippen LogP contribution in [0.4, 0.5) is 11.4 Å². The van der Waals surface area contributed by atoms with Crippen LogP contribution in [0.2, 0.25) is 0 Å². The van der Waals surface area contributed by atoms with Gasteiger partial charge in [0.15, 0.2) is 12.4 Å². The quantitative estimate of drug-likeness (QED) is 0.883. The van der Waals surface area contributed by atoms with E-state index in [-0.39, 0.29) is 12.5 Å². The van der Waals surface area contributed by atoms with E-state index in [2.05, 4.69) is 22.8 Å². The molecule has 0 bridgehead atoms. The van der Waals surface area contributed by atoms with E-state index in [0.717, 1.165) is 11.4 Å². The molecule has 0 saturated heterocycles. The number of anilines is 2. The first-order valence-corrected chi connectivity index (χ1v) is 8.21.